The van der Waals surface area contributed by atoms with E-state index in [2.05, 4.69) is 41.4 Å². The topological polar surface area (TPSA) is 68.8 Å². The van der Waals surface area contributed by atoms with E-state index in [1.165, 1.54) is 5.56 Å². The van der Waals surface area contributed by atoms with Gasteiger partial charge in [-0.15, -0.1) is 10.2 Å². The first-order valence-electron chi connectivity index (χ1n) is 7.56. The zero-order valence-electron chi connectivity index (χ0n) is 13.6. The molecule has 6 heteroatoms. The Morgan fingerprint density at radius 3 is 2.52 bits per heavy atom. The Morgan fingerprint density at radius 1 is 1.19 bits per heavy atom. The second-order valence-corrected chi connectivity index (χ2v) is 5.77. The first-order chi connectivity index (χ1) is 10.0. The van der Waals surface area contributed by atoms with Crippen molar-refractivity contribution < 1.29 is 4.42 Å². The molecule has 2 heterocycles. The lowest BCUT2D eigenvalue weighted by Crippen LogP contribution is -2.19. The van der Waals surface area contributed by atoms with Crippen LogP contribution in [-0.2, 0) is 19.5 Å². The minimum atomic E-state index is 0.532. The maximum Gasteiger partial charge on any atom is 0.237 e. The van der Waals surface area contributed by atoms with Gasteiger partial charge >= 0.3 is 0 Å². The Balaban J connectivity index is 2.07. The van der Waals surface area contributed by atoms with Crippen molar-refractivity contribution in [2.24, 2.45) is 5.92 Å². The number of aromatic nitrogens is 4. The Bertz CT molecular complexity index is 585. The van der Waals surface area contributed by atoms with E-state index in [1.54, 1.807) is 0 Å². The molecule has 0 saturated carbocycles. The number of hydrogen-bond acceptors (Lipinski definition) is 5. The highest BCUT2D eigenvalue weighted by atomic mass is 16.4. The molecule has 0 spiro atoms. The van der Waals surface area contributed by atoms with Crippen molar-refractivity contribution in [2.75, 3.05) is 6.54 Å². The van der Waals surface area contributed by atoms with Crippen LogP contribution in [0.4, 0.5) is 0 Å². The van der Waals surface area contributed by atoms with Crippen molar-refractivity contribution in [2.45, 2.75) is 54.1 Å². The van der Waals surface area contributed by atoms with Crippen molar-refractivity contribution in [1.29, 1.82) is 0 Å². The molecule has 0 aliphatic heterocycles. The molecule has 0 saturated heterocycles. The molecule has 116 valence electrons. The highest BCUT2D eigenvalue weighted by molar-refractivity contribution is 5.24. The number of hydrogen-bond donors (Lipinski definition) is 1. The first kappa shape index (κ1) is 15.7. The van der Waals surface area contributed by atoms with Gasteiger partial charge in [0.25, 0.3) is 0 Å². The van der Waals surface area contributed by atoms with Crippen LogP contribution in [-0.4, -0.2) is 26.5 Å². The van der Waals surface area contributed by atoms with Crippen molar-refractivity contribution in [3.8, 4) is 0 Å². The third kappa shape index (κ3) is 3.91. The van der Waals surface area contributed by atoms with E-state index in [9.17, 15) is 0 Å². The van der Waals surface area contributed by atoms with Gasteiger partial charge in [0.05, 0.1) is 5.69 Å². The van der Waals surface area contributed by atoms with Gasteiger partial charge in [-0.1, -0.05) is 20.8 Å². The van der Waals surface area contributed by atoms with Gasteiger partial charge in [0.2, 0.25) is 11.8 Å². The molecule has 0 atom stereocenters. The monoisotopic (exact) mass is 291 g/mol. The lowest BCUT2D eigenvalue weighted by molar-refractivity contribution is 0.430. The molecule has 21 heavy (non-hydrogen) atoms. The van der Waals surface area contributed by atoms with Gasteiger partial charge in [-0.3, -0.25) is 4.68 Å². The minimum Gasteiger partial charge on any atom is -0.423 e. The molecule has 0 aromatic carbocycles. The van der Waals surface area contributed by atoms with Gasteiger partial charge in [-0.2, -0.15) is 5.10 Å². The maximum absolute atomic E-state index is 5.55. The fourth-order valence-corrected chi connectivity index (χ4v) is 2.25. The van der Waals surface area contributed by atoms with Gasteiger partial charge in [-0.05, 0) is 26.3 Å². The molecule has 0 aliphatic rings. The molecular weight excluding hydrogens is 266 g/mol. The molecule has 0 unspecified atom stereocenters. The van der Waals surface area contributed by atoms with Crippen LogP contribution in [0.3, 0.4) is 0 Å². The van der Waals surface area contributed by atoms with Gasteiger partial charge in [0.15, 0.2) is 0 Å². The standard InChI is InChI=1S/C15H25N5O/c1-6-14-17-18-15(21-14)9-20-12(5)13(11(4)19-20)8-16-7-10(2)3/h10,16H,6-9H2,1-5H3. The third-order valence-electron chi connectivity index (χ3n) is 3.48. The van der Waals surface area contributed by atoms with E-state index in [4.69, 9.17) is 4.42 Å². The van der Waals surface area contributed by atoms with Crippen LogP contribution in [0.1, 0.15) is 49.5 Å². The van der Waals surface area contributed by atoms with Gasteiger partial charge in [0.1, 0.15) is 6.54 Å². The first-order valence-corrected chi connectivity index (χ1v) is 7.56. The molecule has 2 rings (SSSR count). The molecule has 2 aromatic heterocycles. The van der Waals surface area contributed by atoms with Crippen LogP contribution in [0, 0.1) is 19.8 Å². The van der Waals surface area contributed by atoms with Crippen LogP contribution in [0.15, 0.2) is 4.42 Å². The third-order valence-corrected chi connectivity index (χ3v) is 3.48. The Kier molecular flexibility index (Phi) is 5.12. The quantitative estimate of drug-likeness (QED) is 0.847. The van der Waals surface area contributed by atoms with Gasteiger partial charge < -0.3 is 9.73 Å². The summed E-state index contributed by atoms with van der Waals surface area (Å²) in [5.41, 5.74) is 3.46. The van der Waals surface area contributed by atoms with E-state index in [1.807, 2.05) is 18.5 Å². The summed E-state index contributed by atoms with van der Waals surface area (Å²) >= 11 is 0. The highest BCUT2D eigenvalue weighted by Gasteiger charge is 2.14. The predicted octanol–water partition coefficient (Wildman–Crippen LogP) is 2.24. The number of nitrogens with zero attached hydrogens (tertiary/aromatic N) is 4. The number of aryl methyl sites for hydroxylation is 2. The number of rotatable bonds is 7. The predicted molar refractivity (Wildman–Crippen MR) is 81.0 cm³/mol. The lowest BCUT2D eigenvalue weighted by Gasteiger charge is -2.08. The molecule has 6 nitrogen and oxygen atoms in total. The number of nitrogens with one attached hydrogen (secondary N) is 1. The van der Waals surface area contributed by atoms with Gasteiger partial charge in [0, 0.05) is 24.2 Å². The van der Waals surface area contributed by atoms with Crippen LogP contribution >= 0.6 is 0 Å². The summed E-state index contributed by atoms with van der Waals surface area (Å²) in [7, 11) is 0. The Hall–Kier alpha value is -1.69. The lowest BCUT2D eigenvalue weighted by atomic mass is 10.2. The summed E-state index contributed by atoms with van der Waals surface area (Å²) in [6, 6.07) is 0. The van der Waals surface area contributed by atoms with Crippen molar-refractivity contribution in [3.63, 3.8) is 0 Å². The zero-order valence-corrected chi connectivity index (χ0v) is 13.6. The van der Waals surface area contributed by atoms with E-state index in [0.29, 0.717) is 24.2 Å². The molecule has 2 aromatic rings. The fourth-order valence-electron chi connectivity index (χ4n) is 2.25. The summed E-state index contributed by atoms with van der Waals surface area (Å²) in [6.07, 6.45) is 0.758. The van der Waals surface area contributed by atoms with Crippen molar-refractivity contribution in [3.05, 3.63) is 28.7 Å². The van der Waals surface area contributed by atoms with Crippen molar-refractivity contribution >= 4 is 0 Å². The summed E-state index contributed by atoms with van der Waals surface area (Å²) in [6.45, 7) is 12.9. The zero-order chi connectivity index (χ0) is 15.4. The normalized spacial score (nSPS) is 11.5. The minimum absolute atomic E-state index is 0.532. The fraction of sp³-hybridized carbons (Fsp3) is 0.667. The Labute approximate surface area is 125 Å². The molecule has 0 amide bonds. The van der Waals surface area contributed by atoms with E-state index >= 15 is 0 Å². The van der Waals surface area contributed by atoms with E-state index < -0.39 is 0 Å². The van der Waals surface area contributed by atoms with Gasteiger partial charge in [-0.25, -0.2) is 0 Å². The van der Waals surface area contributed by atoms with Crippen LogP contribution in [0.25, 0.3) is 0 Å². The molecule has 1 N–H and O–H groups in total. The summed E-state index contributed by atoms with van der Waals surface area (Å²) in [5.74, 6) is 1.93. The summed E-state index contributed by atoms with van der Waals surface area (Å²) in [5, 5.41) is 16.1. The Morgan fingerprint density at radius 2 is 1.90 bits per heavy atom. The van der Waals surface area contributed by atoms with Crippen molar-refractivity contribution in [1.82, 2.24) is 25.3 Å². The summed E-state index contributed by atoms with van der Waals surface area (Å²) in [4.78, 5) is 0. The highest BCUT2D eigenvalue weighted by Crippen LogP contribution is 2.14. The van der Waals surface area contributed by atoms with Crippen LogP contribution < -0.4 is 5.32 Å². The molecular formula is C15H25N5O. The molecule has 0 radical (unpaired) electrons. The molecule has 0 bridgehead atoms. The largest absolute Gasteiger partial charge is 0.423 e. The maximum atomic E-state index is 5.55. The average Bonchev–Trinajstić information content (AvgIpc) is 2.98. The average molecular weight is 291 g/mol. The van der Waals surface area contributed by atoms with E-state index in [0.717, 1.165) is 30.9 Å². The van der Waals surface area contributed by atoms with E-state index in [-0.39, 0.29) is 0 Å². The summed E-state index contributed by atoms with van der Waals surface area (Å²) < 4.78 is 7.49. The smallest absolute Gasteiger partial charge is 0.237 e. The second kappa shape index (κ2) is 6.85. The molecule has 0 aliphatic carbocycles. The van der Waals surface area contributed by atoms with Crippen LogP contribution in [0.5, 0.6) is 0 Å². The second-order valence-electron chi connectivity index (χ2n) is 5.77. The van der Waals surface area contributed by atoms with Crippen LogP contribution in [0.2, 0.25) is 0 Å². The SMILES string of the molecule is CCc1nnc(Cn2nc(C)c(CNCC(C)C)c2C)o1. The molecule has 0 fully saturated rings.